The van der Waals surface area contributed by atoms with Crippen molar-refractivity contribution < 1.29 is 0 Å². The first-order valence-electron chi connectivity index (χ1n) is 7.84. The molecule has 0 amide bonds. The number of nitrogens with zero attached hydrogens (tertiary/aromatic N) is 2. The number of rotatable bonds is 7. The largest absolute Gasteiger partial charge is 0.370 e. The molecule has 0 saturated carbocycles. The molecule has 21 heavy (non-hydrogen) atoms. The van der Waals surface area contributed by atoms with Gasteiger partial charge in [-0.15, -0.1) is 0 Å². The van der Waals surface area contributed by atoms with Crippen LogP contribution in [0.4, 0.5) is 0 Å². The van der Waals surface area contributed by atoms with Crippen molar-refractivity contribution in [2.75, 3.05) is 13.1 Å². The van der Waals surface area contributed by atoms with E-state index in [4.69, 9.17) is 17.2 Å². The second-order valence-electron chi connectivity index (χ2n) is 4.59. The van der Waals surface area contributed by atoms with Gasteiger partial charge in [-0.3, -0.25) is 4.99 Å². The van der Waals surface area contributed by atoms with E-state index in [1.807, 2.05) is 6.20 Å². The first-order valence-corrected chi connectivity index (χ1v) is 7.84. The Morgan fingerprint density at radius 3 is 2.10 bits per heavy atom. The Hall–Kier alpha value is -1.56. The average Bonchev–Trinajstić information content (AvgIpc) is 3.00. The summed E-state index contributed by atoms with van der Waals surface area (Å²) in [5, 5.41) is 0. The van der Waals surface area contributed by atoms with Gasteiger partial charge in [0.1, 0.15) is 0 Å². The van der Waals surface area contributed by atoms with Gasteiger partial charge in [-0.25, -0.2) is 4.98 Å². The fourth-order valence-corrected chi connectivity index (χ4v) is 1.24. The number of aryl methyl sites for hydroxylation is 1. The molecule has 0 aliphatic rings. The van der Waals surface area contributed by atoms with Crippen molar-refractivity contribution in [3.63, 3.8) is 0 Å². The van der Waals surface area contributed by atoms with Crippen molar-refractivity contribution in [3.8, 4) is 0 Å². The Bertz CT molecular complexity index is 300. The molecule has 6 nitrogen and oxygen atoms in total. The third-order valence-corrected chi connectivity index (χ3v) is 2.55. The van der Waals surface area contributed by atoms with Crippen LogP contribution in [0.15, 0.2) is 17.5 Å². The molecule has 0 radical (unpaired) electrons. The van der Waals surface area contributed by atoms with E-state index in [9.17, 15) is 0 Å². The predicted molar refractivity (Wildman–Crippen MR) is 92.1 cm³/mol. The summed E-state index contributed by atoms with van der Waals surface area (Å²) in [6, 6.07) is 0. The van der Waals surface area contributed by atoms with Gasteiger partial charge in [-0.1, -0.05) is 40.0 Å². The first kappa shape index (κ1) is 21.7. The van der Waals surface area contributed by atoms with Crippen LogP contribution in [0.2, 0.25) is 0 Å². The molecule has 0 bridgehead atoms. The minimum atomic E-state index is 0.193. The van der Waals surface area contributed by atoms with Crippen LogP contribution in [0.5, 0.6) is 0 Å². The standard InChI is InChI=1S/C5H13N3.C5H8N2.C5H13N/c1-2-3-4-8-5(6)7;1-2-5-3-6-4-7-5;1-2-3-4-5-6/h2-4H2,1H3,(H4,6,7,8);3-4H,2H2,1H3,(H,6,7);2-6H2,1H3. The summed E-state index contributed by atoms with van der Waals surface area (Å²) < 4.78 is 0. The molecule has 1 aromatic rings. The molecule has 0 aromatic carbocycles. The number of hydrogen-bond donors (Lipinski definition) is 4. The van der Waals surface area contributed by atoms with E-state index in [2.05, 4.69) is 35.7 Å². The van der Waals surface area contributed by atoms with Gasteiger partial charge in [0, 0.05) is 18.4 Å². The molecule has 1 rings (SSSR count). The normalized spacial score (nSPS) is 8.95. The molecule has 0 unspecified atom stereocenters. The van der Waals surface area contributed by atoms with Gasteiger partial charge in [0.05, 0.1) is 6.33 Å². The highest BCUT2D eigenvalue weighted by Gasteiger charge is 1.82. The highest BCUT2D eigenvalue weighted by Crippen LogP contribution is 1.88. The number of guanidine groups is 1. The Labute approximate surface area is 129 Å². The van der Waals surface area contributed by atoms with Gasteiger partial charge in [0.2, 0.25) is 0 Å². The van der Waals surface area contributed by atoms with Crippen LogP contribution >= 0.6 is 0 Å². The van der Waals surface area contributed by atoms with Crippen LogP contribution in [0.1, 0.15) is 58.6 Å². The highest BCUT2D eigenvalue weighted by atomic mass is 15.0. The predicted octanol–water partition coefficient (Wildman–Crippen LogP) is 2.17. The minimum Gasteiger partial charge on any atom is -0.370 e. The fourth-order valence-electron chi connectivity index (χ4n) is 1.24. The van der Waals surface area contributed by atoms with Gasteiger partial charge in [-0.2, -0.15) is 0 Å². The zero-order chi connectivity index (χ0) is 16.3. The Kier molecular flexibility index (Phi) is 19.1. The van der Waals surface area contributed by atoms with Gasteiger partial charge >= 0.3 is 0 Å². The molecule has 0 fully saturated rings. The SMILES string of the molecule is CCCCCN.CCCCN=C(N)N.CCc1cnc[nH]1. The molecule has 0 spiro atoms. The number of hydrogen-bond acceptors (Lipinski definition) is 3. The number of aromatic nitrogens is 2. The fraction of sp³-hybridized carbons (Fsp3) is 0.733. The molecular formula is C15H34N6. The third-order valence-electron chi connectivity index (χ3n) is 2.55. The summed E-state index contributed by atoms with van der Waals surface area (Å²) in [6.45, 7) is 7.98. The van der Waals surface area contributed by atoms with Crippen LogP contribution in [-0.2, 0) is 6.42 Å². The molecule has 0 aliphatic heterocycles. The minimum absolute atomic E-state index is 0.193. The molecular weight excluding hydrogens is 264 g/mol. The topological polar surface area (TPSA) is 119 Å². The van der Waals surface area contributed by atoms with E-state index in [0.29, 0.717) is 0 Å². The van der Waals surface area contributed by atoms with Crippen LogP contribution in [0.3, 0.4) is 0 Å². The van der Waals surface area contributed by atoms with E-state index in [0.717, 1.165) is 32.4 Å². The molecule has 0 aliphatic carbocycles. The summed E-state index contributed by atoms with van der Waals surface area (Å²) >= 11 is 0. The van der Waals surface area contributed by atoms with Crippen molar-refractivity contribution in [2.24, 2.45) is 22.2 Å². The number of aliphatic imine (C=N–C) groups is 1. The van der Waals surface area contributed by atoms with E-state index < -0.39 is 0 Å². The molecule has 1 heterocycles. The smallest absolute Gasteiger partial charge is 0.185 e. The molecule has 0 atom stereocenters. The first-order chi connectivity index (χ1) is 10.1. The van der Waals surface area contributed by atoms with Crippen molar-refractivity contribution in [1.82, 2.24) is 9.97 Å². The summed E-state index contributed by atoms with van der Waals surface area (Å²) in [5.41, 5.74) is 16.5. The van der Waals surface area contributed by atoms with Crippen molar-refractivity contribution in [3.05, 3.63) is 18.2 Å². The number of nitrogens with two attached hydrogens (primary N) is 3. The Morgan fingerprint density at radius 2 is 1.81 bits per heavy atom. The molecule has 7 N–H and O–H groups in total. The number of imidazole rings is 1. The van der Waals surface area contributed by atoms with Crippen molar-refractivity contribution in [1.29, 1.82) is 0 Å². The number of aromatic amines is 1. The maximum atomic E-state index is 5.21. The lowest BCUT2D eigenvalue weighted by Gasteiger charge is -1.89. The maximum Gasteiger partial charge on any atom is 0.185 e. The van der Waals surface area contributed by atoms with E-state index in [1.165, 1.54) is 25.0 Å². The van der Waals surface area contributed by atoms with E-state index >= 15 is 0 Å². The zero-order valence-corrected chi connectivity index (χ0v) is 13.9. The Balaban J connectivity index is 0. The Morgan fingerprint density at radius 1 is 1.14 bits per heavy atom. The lowest BCUT2D eigenvalue weighted by molar-refractivity contribution is 0.727. The summed E-state index contributed by atoms with van der Waals surface area (Å²) in [6.07, 6.45) is 10.5. The number of unbranched alkanes of at least 4 members (excludes halogenated alkanes) is 3. The van der Waals surface area contributed by atoms with Crippen LogP contribution in [-0.4, -0.2) is 29.0 Å². The van der Waals surface area contributed by atoms with Crippen molar-refractivity contribution in [2.45, 2.75) is 59.3 Å². The molecule has 0 saturated heterocycles. The number of H-pyrrole nitrogens is 1. The second-order valence-corrected chi connectivity index (χ2v) is 4.59. The third kappa shape index (κ3) is 20.9. The lowest BCUT2D eigenvalue weighted by atomic mass is 10.3. The average molecular weight is 298 g/mol. The summed E-state index contributed by atoms with van der Waals surface area (Å²) in [4.78, 5) is 10.6. The van der Waals surface area contributed by atoms with Gasteiger partial charge in [0.15, 0.2) is 5.96 Å². The monoisotopic (exact) mass is 298 g/mol. The van der Waals surface area contributed by atoms with Crippen LogP contribution < -0.4 is 17.2 Å². The van der Waals surface area contributed by atoms with E-state index in [1.54, 1.807) is 6.33 Å². The molecule has 1 aromatic heterocycles. The summed E-state index contributed by atoms with van der Waals surface area (Å²) in [5.74, 6) is 0.193. The zero-order valence-electron chi connectivity index (χ0n) is 13.9. The molecule has 124 valence electrons. The number of nitrogens with one attached hydrogen (secondary N) is 1. The van der Waals surface area contributed by atoms with Gasteiger partial charge in [-0.05, 0) is 25.8 Å². The summed E-state index contributed by atoms with van der Waals surface area (Å²) in [7, 11) is 0. The quantitative estimate of drug-likeness (QED) is 0.350. The van der Waals surface area contributed by atoms with Gasteiger partial charge in [0.25, 0.3) is 0 Å². The van der Waals surface area contributed by atoms with Crippen LogP contribution in [0, 0.1) is 0 Å². The van der Waals surface area contributed by atoms with Crippen LogP contribution in [0.25, 0.3) is 0 Å². The maximum absolute atomic E-state index is 5.21. The lowest BCUT2D eigenvalue weighted by Crippen LogP contribution is -2.22. The second kappa shape index (κ2) is 18.4. The van der Waals surface area contributed by atoms with Crippen molar-refractivity contribution >= 4 is 5.96 Å². The van der Waals surface area contributed by atoms with E-state index in [-0.39, 0.29) is 5.96 Å². The van der Waals surface area contributed by atoms with Gasteiger partial charge < -0.3 is 22.2 Å². The molecule has 6 heteroatoms. The highest BCUT2D eigenvalue weighted by molar-refractivity contribution is 5.75.